The van der Waals surface area contributed by atoms with Gasteiger partial charge in [-0.25, -0.2) is 0 Å². The molecule has 1 aliphatic heterocycles. The van der Waals surface area contributed by atoms with Crippen LogP contribution in [0.1, 0.15) is 73.0 Å². The van der Waals surface area contributed by atoms with E-state index in [0.29, 0.717) is 24.4 Å². The van der Waals surface area contributed by atoms with E-state index < -0.39 is 0 Å². The number of hydrogen-bond acceptors (Lipinski definition) is 4. The average Bonchev–Trinajstić information content (AvgIpc) is 3.37. The van der Waals surface area contributed by atoms with Crippen LogP contribution in [0.15, 0.2) is 42.5 Å². The lowest BCUT2D eigenvalue weighted by Crippen LogP contribution is -2.45. The Morgan fingerprint density at radius 3 is 2.44 bits per heavy atom. The van der Waals surface area contributed by atoms with Crippen molar-refractivity contribution >= 4 is 11.8 Å². The lowest BCUT2D eigenvalue weighted by Gasteiger charge is -2.33. The summed E-state index contributed by atoms with van der Waals surface area (Å²) >= 11 is 0. The molecule has 6 heteroatoms. The van der Waals surface area contributed by atoms with Gasteiger partial charge in [0.15, 0.2) is 11.5 Å². The molecule has 1 saturated carbocycles. The first-order valence-corrected chi connectivity index (χ1v) is 12.5. The normalized spacial score (nSPS) is 19.5. The standard InChI is InChI=1S/C28H36N2O4/c1-19-10-12-21(13-11-19)28(32)30-16-6-7-23(18-30)27(31)29-20(2)22-14-15-25(26(17-22)33-3)34-24-8-4-5-9-24/h10-15,17,20,23-24H,4-9,16,18H2,1-3H3,(H,29,31). The summed E-state index contributed by atoms with van der Waals surface area (Å²) in [6.45, 7) is 5.11. The summed E-state index contributed by atoms with van der Waals surface area (Å²) in [4.78, 5) is 27.8. The molecule has 2 atom stereocenters. The molecule has 2 aliphatic rings. The first kappa shape index (κ1) is 24.1. The Balaban J connectivity index is 1.36. The van der Waals surface area contributed by atoms with Gasteiger partial charge in [0, 0.05) is 18.7 Å². The highest BCUT2D eigenvalue weighted by Gasteiger charge is 2.30. The van der Waals surface area contributed by atoms with Gasteiger partial charge in [0.2, 0.25) is 5.91 Å². The van der Waals surface area contributed by atoms with Gasteiger partial charge in [0.05, 0.1) is 25.2 Å². The van der Waals surface area contributed by atoms with Gasteiger partial charge in [0.1, 0.15) is 0 Å². The van der Waals surface area contributed by atoms with Crippen molar-refractivity contribution in [3.63, 3.8) is 0 Å². The van der Waals surface area contributed by atoms with Crippen molar-refractivity contribution in [2.24, 2.45) is 5.92 Å². The van der Waals surface area contributed by atoms with Crippen molar-refractivity contribution in [3.05, 3.63) is 59.2 Å². The fraction of sp³-hybridized carbons (Fsp3) is 0.500. The second kappa shape index (κ2) is 10.9. The molecule has 4 rings (SSSR count). The summed E-state index contributed by atoms with van der Waals surface area (Å²) in [7, 11) is 1.64. The molecule has 1 N–H and O–H groups in total. The maximum Gasteiger partial charge on any atom is 0.253 e. The van der Waals surface area contributed by atoms with Crippen LogP contribution >= 0.6 is 0 Å². The molecule has 2 unspecified atom stereocenters. The summed E-state index contributed by atoms with van der Waals surface area (Å²) in [6.07, 6.45) is 6.46. The van der Waals surface area contributed by atoms with Crippen LogP contribution in [0.3, 0.4) is 0 Å². The van der Waals surface area contributed by atoms with Crippen LogP contribution in [-0.2, 0) is 4.79 Å². The van der Waals surface area contributed by atoms with Crippen LogP contribution in [0, 0.1) is 12.8 Å². The number of rotatable bonds is 7. The SMILES string of the molecule is COc1cc(C(C)NC(=O)C2CCCN(C(=O)c3ccc(C)cc3)C2)ccc1OC1CCCC1. The summed E-state index contributed by atoms with van der Waals surface area (Å²) in [5.41, 5.74) is 2.76. The van der Waals surface area contributed by atoms with E-state index in [9.17, 15) is 9.59 Å². The van der Waals surface area contributed by atoms with E-state index in [-0.39, 0.29) is 29.9 Å². The molecule has 0 spiro atoms. The molecule has 182 valence electrons. The van der Waals surface area contributed by atoms with Crippen molar-refractivity contribution in [3.8, 4) is 11.5 Å². The van der Waals surface area contributed by atoms with Crippen LogP contribution in [0.25, 0.3) is 0 Å². The van der Waals surface area contributed by atoms with Gasteiger partial charge in [-0.15, -0.1) is 0 Å². The first-order valence-electron chi connectivity index (χ1n) is 12.5. The zero-order valence-electron chi connectivity index (χ0n) is 20.5. The Labute approximate surface area is 202 Å². The van der Waals surface area contributed by atoms with Crippen molar-refractivity contribution in [2.45, 2.75) is 64.5 Å². The van der Waals surface area contributed by atoms with Gasteiger partial charge >= 0.3 is 0 Å². The van der Waals surface area contributed by atoms with E-state index in [1.807, 2.05) is 56.3 Å². The Morgan fingerprint density at radius 1 is 1.00 bits per heavy atom. The smallest absolute Gasteiger partial charge is 0.253 e. The number of methoxy groups -OCH3 is 1. The lowest BCUT2D eigenvalue weighted by atomic mass is 9.95. The number of likely N-dealkylation sites (tertiary alicyclic amines) is 1. The van der Waals surface area contributed by atoms with Crippen molar-refractivity contribution < 1.29 is 19.1 Å². The van der Waals surface area contributed by atoms with Crippen molar-refractivity contribution in [1.29, 1.82) is 0 Å². The molecule has 1 heterocycles. The van der Waals surface area contributed by atoms with Crippen LogP contribution < -0.4 is 14.8 Å². The fourth-order valence-electron chi connectivity index (χ4n) is 4.91. The Morgan fingerprint density at radius 2 is 1.74 bits per heavy atom. The molecule has 6 nitrogen and oxygen atoms in total. The third kappa shape index (κ3) is 5.72. The molecule has 2 fully saturated rings. The number of aryl methyl sites for hydroxylation is 1. The van der Waals surface area contributed by atoms with Crippen LogP contribution in [0.2, 0.25) is 0 Å². The minimum absolute atomic E-state index is 0.00636. The molecule has 0 aromatic heterocycles. The summed E-state index contributed by atoms with van der Waals surface area (Å²) in [5.74, 6) is 1.22. The van der Waals surface area contributed by atoms with Crippen LogP contribution in [0.4, 0.5) is 0 Å². The maximum atomic E-state index is 13.1. The van der Waals surface area contributed by atoms with Gasteiger partial charge in [0.25, 0.3) is 5.91 Å². The van der Waals surface area contributed by atoms with Gasteiger partial charge in [-0.3, -0.25) is 9.59 Å². The largest absolute Gasteiger partial charge is 0.493 e. The van der Waals surface area contributed by atoms with Crippen molar-refractivity contribution in [2.75, 3.05) is 20.2 Å². The number of piperidine rings is 1. The van der Waals surface area contributed by atoms with Gasteiger partial charge < -0.3 is 19.7 Å². The second-order valence-corrected chi connectivity index (χ2v) is 9.62. The van der Waals surface area contributed by atoms with Crippen LogP contribution in [-0.4, -0.2) is 43.0 Å². The molecule has 2 amide bonds. The topological polar surface area (TPSA) is 67.9 Å². The number of nitrogens with zero attached hydrogens (tertiary/aromatic N) is 1. The highest BCUT2D eigenvalue weighted by atomic mass is 16.5. The molecular weight excluding hydrogens is 428 g/mol. The quantitative estimate of drug-likeness (QED) is 0.622. The number of carbonyl (C=O) groups is 2. The molecule has 1 saturated heterocycles. The third-order valence-electron chi connectivity index (χ3n) is 7.02. The first-order chi connectivity index (χ1) is 16.4. The zero-order valence-corrected chi connectivity index (χ0v) is 20.5. The molecule has 1 aliphatic carbocycles. The number of nitrogens with one attached hydrogen (secondary N) is 1. The molecule has 34 heavy (non-hydrogen) atoms. The van der Waals surface area contributed by atoms with Gasteiger partial charge in [-0.05, 0) is 82.2 Å². The zero-order chi connectivity index (χ0) is 24.1. The maximum absolute atomic E-state index is 13.1. The number of amides is 2. The minimum atomic E-state index is -0.211. The van der Waals surface area contributed by atoms with E-state index in [1.54, 1.807) is 12.0 Å². The lowest BCUT2D eigenvalue weighted by molar-refractivity contribution is -0.127. The fourth-order valence-corrected chi connectivity index (χ4v) is 4.91. The number of carbonyl (C=O) groups excluding carboxylic acids is 2. The van der Waals surface area contributed by atoms with Gasteiger partial charge in [-0.1, -0.05) is 23.8 Å². The Kier molecular flexibility index (Phi) is 7.76. The van der Waals surface area contributed by atoms with Crippen molar-refractivity contribution in [1.82, 2.24) is 10.2 Å². The summed E-state index contributed by atoms with van der Waals surface area (Å²) < 4.78 is 11.7. The Hall–Kier alpha value is -3.02. The highest BCUT2D eigenvalue weighted by Crippen LogP contribution is 2.34. The predicted molar refractivity (Wildman–Crippen MR) is 132 cm³/mol. The number of benzene rings is 2. The summed E-state index contributed by atoms with van der Waals surface area (Å²) in [5, 5.41) is 3.14. The van der Waals surface area contributed by atoms with E-state index >= 15 is 0 Å². The van der Waals surface area contributed by atoms with E-state index in [2.05, 4.69) is 5.32 Å². The average molecular weight is 465 g/mol. The number of hydrogen-bond donors (Lipinski definition) is 1. The van der Waals surface area contributed by atoms with Crippen LogP contribution in [0.5, 0.6) is 11.5 Å². The predicted octanol–water partition coefficient (Wildman–Crippen LogP) is 5.05. The molecule has 2 aromatic rings. The van der Waals surface area contributed by atoms with E-state index in [4.69, 9.17) is 9.47 Å². The molecular formula is C28H36N2O4. The monoisotopic (exact) mass is 464 g/mol. The third-order valence-corrected chi connectivity index (χ3v) is 7.02. The molecule has 0 bridgehead atoms. The molecule has 0 radical (unpaired) electrons. The second-order valence-electron chi connectivity index (χ2n) is 9.62. The van der Waals surface area contributed by atoms with E-state index in [1.165, 1.54) is 12.8 Å². The highest BCUT2D eigenvalue weighted by molar-refractivity contribution is 5.94. The molecule has 2 aromatic carbocycles. The minimum Gasteiger partial charge on any atom is -0.493 e. The summed E-state index contributed by atoms with van der Waals surface area (Å²) in [6, 6.07) is 13.3. The van der Waals surface area contributed by atoms with Gasteiger partial charge in [-0.2, -0.15) is 0 Å². The van der Waals surface area contributed by atoms with E-state index in [0.717, 1.165) is 42.6 Å². The Bertz CT molecular complexity index is 998. The number of ether oxygens (including phenoxy) is 2.